The Balaban J connectivity index is 1.45. The zero-order valence-corrected chi connectivity index (χ0v) is 21.7. The summed E-state index contributed by atoms with van der Waals surface area (Å²) in [5.41, 5.74) is 2.64. The summed E-state index contributed by atoms with van der Waals surface area (Å²) in [4.78, 5) is 8.80. The van der Waals surface area contributed by atoms with E-state index in [2.05, 4.69) is 19.6 Å². The highest BCUT2D eigenvalue weighted by Gasteiger charge is 2.30. The lowest BCUT2D eigenvalue weighted by Gasteiger charge is -2.19. The van der Waals surface area contributed by atoms with Crippen LogP contribution in [0.25, 0.3) is 10.9 Å². The van der Waals surface area contributed by atoms with Gasteiger partial charge in [0.05, 0.1) is 39.4 Å². The van der Waals surface area contributed by atoms with Crippen LogP contribution in [0.1, 0.15) is 24.8 Å². The second-order valence-electron chi connectivity index (χ2n) is 9.27. The maximum absolute atomic E-state index is 14.1. The Morgan fingerprint density at radius 3 is 2.69 bits per heavy atom. The number of aryl methyl sites for hydroxylation is 1. The summed E-state index contributed by atoms with van der Waals surface area (Å²) in [5.74, 6) is 1.55. The molecule has 2 aliphatic heterocycles. The molecular formula is C24H28FN5O4S2. The van der Waals surface area contributed by atoms with Crippen LogP contribution >= 0.6 is 0 Å². The van der Waals surface area contributed by atoms with Gasteiger partial charge in [-0.2, -0.15) is 8.67 Å². The minimum atomic E-state index is -3.32. The van der Waals surface area contributed by atoms with Crippen molar-refractivity contribution >= 4 is 47.8 Å². The quantitative estimate of drug-likeness (QED) is 0.507. The Bertz CT molecular complexity index is 1540. The molecule has 2 fully saturated rings. The molecular weight excluding hydrogens is 505 g/mol. The molecule has 12 heteroatoms. The Kier molecular flexibility index (Phi) is 6.60. The minimum Gasteiger partial charge on any atom is -0.487 e. The van der Waals surface area contributed by atoms with Gasteiger partial charge in [0.2, 0.25) is 10.0 Å². The number of anilines is 2. The van der Waals surface area contributed by atoms with Crippen LogP contribution in [-0.4, -0.2) is 63.9 Å². The second-order valence-corrected chi connectivity index (χ2v) is 13.8. The number of halogens is 1. The van der Waals surface area contributed by atoms with Gasteiger partial charge >= 0.3 is 0 Å². The van der Waals surface area contributed by atoms with E-state index in [4.69, 9.17) is 4.74 Å². The second kappa shape index (κ2) is 9.56. The highest BCUT2D eigenvalue weighted by molar-refractivity contribution is 7.93. The number of rotatable bonds is 6. The third kappa shape index (κ3) is 5.30. The first-order chi connectivity index (χ1) is 17.1. The lowest BCUT2D eigenvalue weighted by atomic mass is 10.1. The van der Waals surface area contributed by atoms with E-state index in [9.17, 15) is 17.0 Å². The first-order valence-electron chi connectivity index (χ1n) is 11.8. The van der Waals surface area contributed by atoms with Crippen molar-refractivity contribution in [1.82, 2.24) is 14.3 Å². The zero-order chi connectivity index (χ0) is 25.5. The number of sulfonamides is 1. The minimum absolute atomic E-state index is 0.208. The molecule has 36 heavy (non-hydrogen) atoms. The molecule has 2 saturated heterocycles. The number of fused-ring (bicyclic) bond motifs is 1. The van der Waals surface area contributed by atoms with E-state index < -0.39 is 31.7 Å². The van der Waals surface area contributed by atoms with Crippen LogP contribution in [0.15, 0.2) is 41.0 Å². The summed E-state index contributed by atoms with van der Waals surface area (Å²) >= 11 is 0. The number of nitrogens with zero attached hydrogens (tertiary/aromatic N) is 4. The fourth-order valence-corrected chi connectivity index (χ4v) is 7.72. The highest BCUT2D eigenvalue weighted by atomic mass is 32.2. The lowest BCUT2D eigenvalue weighted by Crippen LogP contribution is -2.30. The Hall–Kier alpha value is -2.83. The van der Waals surface area contributed by atoms with E-state index in [0.29, 0.717) is 47.2 Å². The number of hydrogen-bond acceptors (Lipinski definition) is 8. The van der Waals surface area contributed by atoms with Crippen LogP contribution < -0.4 is 10.1 Å². The number of benzene rings is 2. The molecule has 1 N–H and O–H groups in total. The normalized spacial score (nSPS) is 20.0. The molecule has 0 saturated carbocycles. The maximum Gasteiger partial charge on any atom is 0.211 e. The topological polar surface area (TPSA) is 114 Å². The summed E-state index contributed by atoms with van der Waals surface area (Å²) in [5, 5.41) is 4.00. The predicted molar refractivity (Wildman–Crippen MR) is 139 cm³/mol. The van der Waals surface area contributed by atoms with Crippen LogP contribution in [0.3, 0.4) is 0 Å². The number of aromatic nitrogens is 2. The number of ether oxygens (including phenoxy) is 1. The van der Waals surface area contributed by atoms with Gasteiger partial charge < -0.3 is 10.1 Å². The number of nitrogens with one attached hydrogen (secondary N) is 1. The van der Waals surface area contributed by atoms with Gasteiger partial charge in [-0.15, -0.1) is 0 Å². The van der Waals surface area contributed by atoms with Crippen LogP contribution in [0.2, 0.25) is 0 Å². The van der Waals surface area contributed by atoms with Crippen molar-refractivity contribution in [2.75, 3.05) is 36.2 Å². The molecule has 2 aliphatic rings. The van der Waals surface area contributed by atoms with Crippen molar-refractivity contribution < 1.29 is 21.8 Å². The number of hydrogen-bond donors (Lipinski definition) is 1. The van der Waals surface area contributed by atoms with Crippen molar-refractivity contribution in [3.63, 3.8) is 0 Å². The molecule has 3 aromatic rings. The van der Waals surface area contributed by atoms with Gasteiger partial charge in [-0.3, -0.25) is 0 Å². The molecule has 0 unspecified atom stereocenters. The Morgan fingerprint density at radius 2 is 1.97 bits per heavy atom. The van der Waals surface area contributed by atoms with E-state index in [1.165, 1.54) is 22.8 Å². The molecule has 2 aromatic carbocycles. The third-order valence-electron chi connectivity index (χ3n) is 6.44. The van der Waals surface area contributed by atoms with E-state index in [0.717, 1.165) is 30.0 Å². The molecule has 0 spiro atoms. The molecule has 1 atom stereocenters. The van der Waals surface area contributed by atoms with Gasteiger partial charge in [0, 0.05) is 29.5 Å². The lowest BCUT2D eigenvalue weighted by molar-refractivity contribution is 0.216. The first kappa shape index (κ1) is 24.8. The van der Waals surface area contributed by atoms with Gasteiger partial charge in [0.15, 0.2) is 0 Å². The molecule has 192 valence electrons. The molecule has 0 amide bonds. The molecule has 0 aliphatic carbocycles. The molecule has 9 nitrogen and oxygen atoms in total. The van der Waals surface area contributed by atoms with Gasteiger partial charge in [-0.1, -0.05) is 0 Å². The van der Waals surface area contributed by atoms with Crippen LogP contribution in [0.4, 0.5) is 21.6 Å². The molecule has 1 aromatic heterocycles. The SMILES string of the molecule is Cc1cc(N=S2(=O)CCCC2)cc2ncnc(Nc3ccc(F)cc3O[C@@H]3CCN(S(C)(=O)=O)C3)c12. The summed E-state index contributed by atoms with van der Waals surface area (Å²) in [6.07, 6.45) is 4.56. The smallest absolute Gasteiger partial charge is 0.211 e. The summed E-state index contributed by atoms with van der Waals surface area (Å²) in [6, 6.07) is 7.84. The average molecular weight is 534 g/mol. The first-order valence-corrected chi connectivity index (χ1v) is 15.5. The average Bonchev–Trinajstić information content (AvgIpc) is 3.44. The molecule has 0 radical (unpaired) electrons. The van der Waals surface area contributed by atoms with Crippen molar-refractivity contribution in [3.05, 3.63) is 48.0 Å². The Morgan fingerprint density at radius 1 is 1.19 bits per heavy atom. The van der Waals surface area contributed by atoms with Crippen molar-refractivity contribution in [3.8, 4) is 5.75 Å². The summed E-state index contributed by atoms with van der Waals surface area (Å²) in [6.45, 7) is 2.48. The summed E-state index contributed by atoms with van der Waals surface area (Å²) < 4.78 is 62.7. The monoisotopic (exact) mass is 533 g/mol. The van der Waals surface area contributed by atoms with Gasteiger partial charge in [-0.25, -0.2) is 27.0 Å². The molecule has 5 rings (SSSR count). The van der Waals surface area contributed by atoms with Gasteiger partial charge in [0.25, 0.3) is 0 Å². The van der Waals surface area contributed by atoms with Gasteiger partial charge in [0.1, 0.15) is 29.8 Å². The van der Waals surface area contributed by atoms with E-state index >= 15 is 0 Å². The predicted octanol–water partition coefficient (Wildman–Crippen LogP) is 4.13. The van der Waals surface area contributed by atoms with Crippen molar-refractivity contribution in [2.45, 2.75) is 32.3 Å². The standard InChI is InChI=1S/C24H28FN5O4S2/c1-16-11-18(29-36(33)9-3-4-10-36)13-21-23(16)24(27-15-26-21)28-20-6-5-17(25)12-22(20)34-19-7-8-30(14-19)35(2,31)32/h5-6,11-13,15,19H,3-4,7-10,14H2,1-2H3,(H,26,27,28)/t19-/m1/s1. The van der Waals surface area contributed by atoms with Crippen LogP contribution in [0, 0.1) is 12.7 Å². The van der Waals surface area contributed by atoms with Crippen molar-refractivity contribution in [1.29, 1.82) is 0 Å². The van der Waals surface area contributed by atoms with Crippen LogP contribution in [0.5, 0.6) is 5.75 Å². The molecule has 0 bridgehead atoms. The van der Waals surface area contributed by atoms with E-state index in [-0.39, 0.29) is 12.3 Å². The fraction of sp³-hybridized carbons (Fsp3) is 0.417. The van der Waals surface area contributed by atoms with E-state index in [1.54, 1.807) is 12.1 Å². The van der Waals surface area contributed by atoms with Crippen LogP contribution in [-0.2, 0) is 19.8 Å². The largest absolute Gasteiger partial charge is 0.487 e. The van der Waals surface area contributed by atoms with E-state index in [1.807, 2.05) is 13.0 Å². The fourth-order valence-electron chi connectivity index (χ4n) is 4.66. The maximum atomic E-state index is 14.1. The molecule has 3 heterocycles. The third-order valence-corrected chi connectivity index (χ3v) is 10.1. The Labute approximate surface area is 210 Å². The highest BCUT2D eigenvalue weighted by Crippen LogP contribution is 2.35. The zero-order valence-electron chi connectivity index (χ0n) is 20.1. The van der Waals surface area contributed by atoms with Gasteiger partial charge in [-0.05, 0) is 56.0 Å². The summed E-state index contributed by atoms with van der Waals surface area (Å²) in [7, 11) is -5.53. The van der Waals surface area contributed by atoms with Crippen molar-refractivity contribution in [2.24, 2.45) is 4.36 Å².